The Balaban J connectivity index is 1.97. The Hall–Kier alpha value is -3.85. The van der Waals surface area contributed by atoms with Crippen LogP contribution in [0.4, 0.5) is 0 Å². The van der Waals surface area contributed by atoms with Crippen LogP contribution in [-0.2, 0) is 16.1 Å². The van der Waals surface area contributed by atoms with Crippen molar-refractivity contribution in [1.82, 2.24) is 5.32 Å². The lowest BCUT2D eigenvalue weighted by molar-refractivity contribution is -0.116. The van der Waals surface area contributed by atoms with Gasteiger partial charge in [0.2, 0.25) is 0 Å². The van der Waals surface area contributed by atoms with Crippen LogP contribution >= 0.6 is 0 Å². The quantitative estimate of drug-likeness (QED) is 0.331. The fourth-order valence-corrected chi connectivity index (χ4v) is 2.26. The van der Waals surface area contributed by atoms with Crippen molar-refractivity contribution in [3.8, 4) is 11.8 Å². The van der Waals surface area contributed by atoms with Gasteiger partial charge in [-0.1, -0.05) is 30.3 Å². The Morgan fingerprint density at radius 2 is 1.82 bits per heavy atom. The smallest absolute Gasteiger partial charge is 0.337 e. The predicted octanol–water partition coefficient (Wildman–Crippen LogP) is 3.26. The molecule has 2 rings (SSSR count). The van der Waals surface area contributed by atoms with Crippen molar-refractivity contribution < 1.29 is 19.1 Å². The Morgan fingerprint density at radius 1 is 1.14 bits per heavy atom. The molecule has 0 saturated heterocycles. The summed E-state index contributed by atoms with van der Waals surface area (Å²) in [6.45, 7) is 4.15. The van der Waals surface area contributed by atoms with Crippen LogP contribution in [0, 0.1) is 11.3 Å². The molecule has 0 bridgehead atoms. The maximum atomic E-state index is 11.8. The number of benzene rings is 2. The number of hydrogen-bond donors (Lipinski definition) is 1. The number of esters is 1. The standard InChI is InChI=1S/C22H20N2O4/c1-3-12-24-21(25)19(14-23)13-16-6-10-20(11-7-16)28-15-17-4-8-18(9-5-17)22(26)27-2/h3-11,13H,1,12,15H2,2H3,(H,24,25)/b19-13-. The van der Waals surface area contributed by atoms with Gasteiger partial charge in [-0.15, -0.1) is 6.58 Å². The van der Waals surface area contributed by atoms with E-state index in [0.29, 0.717) is 30.0 Å². The number of carbonyl (C=O) groups is 2. The Labute approximate surface area is 163 Å². The molecule has 0 radical (unpaired) electrons. The molecule has 0 aliphatic carbocycles. The third kappa shape index (κ3) is 5.85. The van der Waals surface area contributed by atoms with Crippen LogP contribution in [0.2, 0.25) is 0 Å². The van der Waals surface area contributed by atoms with E-state index < -0.39 is 5.91 Å². The molecule has 1 amide bonds. The van der Waals surface area contributed by atoms with Crippen molar-refractivity contribution in [3.05, 3.63) is 83.4 Å². The first-order chi connectivity index (χ1) is 13.6. The highest BCUT2D eigenvalue weighted by molar-refractivity contribution is 6.01. The third-order valence-corrected chi connectivity index (χ3v) is 3.74. The van der Waals surface area contributed by atoms with E-state index in [-0.39, 0.29) is 11.5 Å². The van der Waals surface area contributed by atoms with Gasteiger partial charge in [-0.3, -0.25) is 4.79 Å². The van der Waals surface area contributed by atoms with Gasteiger partial charge < -0.3 is 14.8 Å². The number of rotatable bonds is 8. The summed E-state index contributed by atoms with van der Waals surface area (Å²) in [5.41, 5.74) is 2.11. The van der Waals surface area contributed by atoms with Gasteiger partial charge in [0.25, 0.3) is 5.91 Å². The minimum atomic E-state index is -0.446. The summed E-state index contributed by atoms with van der Waals surface area (Å²) in [7, 11) is 1.34. The second-order valence-corrected chi connectivity index (χ2v) is 5.71. The molecule has 0 heterocycles. The largest absolute Gasteiger partial charge is 0.489 e. The lowest BCUT2D eigenvalue weighted by Crippen LogP contribution is -2.24. The average Bonchev–Trinajstić information content (AvgIpc) is 2.74. The van der Waals surface area contributed by atoms with Gasteiger partial charge in [-0.25, -0.2) is 4.79 Å². The maximum absolute atomic E-state index is 11.8. The van der Waals surface area contributed by atoms with E-state index in [1.165, 1.54) is 13.2 Å². The van der Waals surface area contributed by atoms with Gasteiger partial charge in [0, 0.05) is 6.54 Å². The van der Waals surface area contributed by atoms with Crippen molar-refractivity contribution in [3.63, 3.8) is 0 Å². The first-order valence-electron chi connectivity index (χ1n) is 8.48. The van der Waals surface area contributed by atoms with E-state index in [2.05, 4.69) is 16.6 Å². The summed E-state index contributed by atoms with van der Waals surface area (Å²) in [4.78, 5) is 23.3. The molecule has 0 saturated carbocycles. The van der Waals surface area contributed by atoms with Gasteiger partial charge >= 0.3 is 5.97 Å². The van der Waals surface area contributed by atoms with Gasteiger partial charge in [-0.2, -0.15) is 5.26 Å². The Bertz CT molecular complexity index is 907. The Kier molecular flexibility index (Phi) is 7.55. The van der Waals surface area contributed by atoms with Gasteiger partial charge in [0.05, 0.1) is 12.7 Å². The molecule has 0 fully saturated rings. The van der Waals surface area contributed by atoms with Crippen molar-refractivity contribution in [2.75, 3.05) is 13.7 Å². The number of methoxy groups -OCH3 is 1. The second-order valence-electron chi connectivity index (χ2n) is 5.71. The molecule has 0 unspecified atom stereocenters. The predicted molar refractivity (Wildman–Crippen MR) is 105 cm³/mol. The molecule has 28 heavy (non-hydrogen) atoms. The van der Waals surface area contributed by atoms with Crippen LogP contribution < -0.4 is 10.1 Å². The lowest BCUT2D eigenvalue weighted by atomic mass is 10.1. The average molecular weight is 376 g/mol. The van der Waals surface area contributed by atoms with Gasteiger partial charge in [-0.05, 0) is 41.5 Å². The summed E-state index contributed by atoms with van der Waals surface area (Å²) >= 11 is 0. The molecule has 0 spiro atoms. The van der Waals surface area contributed by atoms with Crippen LogP contribution in [0.25, 0.3) is 6.08 Å². The summed E-state index contributed by atoms with van der Waals surface area (Å²) < 4.78 is 10.4. The molecule has 1 N–H and O–H groups in total. The van der Waals surface area contributed by atoms with Crippen molar-refractivity contribution in [1.29, 1.82) is 5.26 Å². The number of hydrogen-bond acceptors (Lipinski definition) is 5. The number of carbonyl (C=O) groups excluding carboxylic acids is 2. The van der Waals surface area contributed by atoms with Crippen molar-refractivity contribution >= 4 is 18.0 Å². The number of nitrogens with zero attached hydrogens (tertiary/aromatic N) is 1. The van der Waals surface area contributed by atoms with Gasteiger partial charge in [0.15, 0.2) is 0 Å². The molecule has 0 atom stereocenters. The molecule has 0 aromatic heterocycles. The van der Waals surface area contributed by atoms with E-state index in [4.69, 9.17) is 10.00 Å². The summed E-state index contributed by atoms with van der Waals surface area (Å²) in [6.07, 6.45) is 3.05. The van der Waals surface area contributed by atoms with E-state index in [1.54, 1.807) is 54.6 Å². The summed E-state index contributed by atoms with van der Waals surface area (Å²) in [5.74, 6) is -0.187. The number of ether oxygens (including phenoxy) is 2. The normalized spacial score (nSPS) is 10.5. The number of amides is 1. The minimum Gasteiger partial charge on any atom is -0.489 e. The monoisotopic (exact) mass is 376 g/mol. The second kappa shape index (κ2) is 10.3. The molecular formula is C22H20N2O4. The van der Waals surface area contributed by atoms with Gasteiger partial charge in [0.1, 0.15) is 24.0 Å². The van der Waals surface area contributed by atoms with Crippen LogP contribution in [-0.4, -0.2) is 25.5 Å². The number of nitrogens with one attached hydrogen (secondary N) is 1. The van der Waals surface area contributed by atoms with Crippen LogP contribution in [0.15, 0.2) is 66.8 Å². The topological polar surface area (TPSA) is 88.4 Å². The molecular weight excluding hydrogens is 356 g/mol. The summed E-state index contributed by atoms with van der Waals surface area (Å²) in [5, 5.41) is 11.7. The third-order valence-electron chi connectivity index (χ3n) is 3.74. The SMILES string of the molecule is C=CCNC(=O)/C(C#N)=C\c1ccc(OCc2ccc(C(=O)OC)cc2)cc1. The van der Waals surface area contributed by atoms with E-state index in [1.807, 2.05) is 6.07 Å². The van der Waals surface area contributed by atoms with E-state index >= 15 is 0 Å². The molecule has 6 heteroatoms. The molecule has 0 aliphatic rings. The zero-order valence-electron chi connectivity index (χ0n) is 15.5. The van der Waals surface area contributed by atoms with E-state index in [9.17, 15) is 9.59 Å². The first kappa shape index (κ1) is 20.5. The Morgan fingerprint density at radius 3 is 2.39 bits per heavy atom. The highest BCUT2D eigenvalue weighted by atomic mass is 16.5. The fraction of sp³-hybridized carbons (Fsp3) is 0.136. The zero-order chi connectivity index (χ0) is 20.4. The highest BCUT2D eigenvalue weighted by Crippen LogP contribution is 2.16. The highest BCUT2D eigenvalue weighted by Gasteiger charge is 2.08. The maximum Gasteiger partial charge on any atom is 0.337 e. The van der Waals surface area contributed by atoms with Crippen molar-refractivity contribution in [2.24, 2.45) is 0 Å². The van der Waals surface area contributed by atoms with Crippen LogP contribution in [0.3, 0.4) is 0 Å². The summed E-state index contributed by atoms with van der Waals surface area (Å²) in [6, 6.07) is 15.9. The lowest BCUT2D eigenvalue weighted by Gasteiger charge is -2.07. The first-order valence-corrected chi connectivity index (χ1v) is 8.48. The molecule has 6 nitrogen and oxygen atoms in total. The molecule has 0 aliphatic heterocycles. The van der Waals surface area contributed by atoms with Crippen molar-refractivity contribution in [2.45, 2.75) is 6.61 Å². The fourth-order valence-electron chi connectivity index (χ4n) is 2.26. The van der Waals surface area contributed by atoms with Crippen LogP contribution in [0.1, 0.15) is 21.5 Å². The van der Waals surface area contributed by atoms with Crippen LogP contribution in [0.5, 0.6) is 5.75 Å². The molecule has 142 valence electrons. The molecule has 2 aromatic carbocycles. The van der Waals surface area contributed by atoms with E-state index in [0.717, 1.165) is 5.56 Å². The minimum absolute atomic E-state index is 0.0150. The number of nitriles is 1. The molecule has 2 aromatic rings. The zero-order valence-corrected chi connectivity index (χ0v) is 15.5.